The van der Waals surface area contributed by atoms with Gasteiger partial charge in [0.2, 0.25) is 0 Å². The van der Waals surface area contributed by atoms with E-state index in [9.17, 15) is 13.6 Å². The van der Waals surface area contributed by atoms with Crippen molar-refractivity contribution in [3.8, 4) is 0 Å². The Labute approximate surface area is 163 Å². The first-order valence-corrected chi connectivity index (χ1v) is 9.62. The molecule has 148 valence electrons. The van der Waals surface area contributed by atoms with E-state index in [1.54, 1.807) is 24.4 Å². The summed E-state index contributed by atoms with van der Waals surface area (Å²) >= 11 is 0. The molecule has 0 unspecified atom stereocenters. The van der Waals surface area contributed by atoms with Crippen LogP contribution >= 0.6 is 0 Å². The molecule has 0 bridgehead atoms. The van der Waals surface area contributed by atoms with Crippen molar-refractivity contribution in [1.82, 2.24) is 9.88 Å². The largest absolute Gasteiger partial charge is 0.365 e. The molecular formula is C21H24F2N4O. The second-order valence-corrected chi connectivity index (χ2v) is 7.97. The fourth-order valence-electron chi connectivity index (χ4n) is 4.63. The van der Waals surface area contributed by atoms with E-state index < -0.39 is 17.5 Å². The normalized spacial score (nSPS) is 22.7. The summed E-state index contributed by atoms with van der Waals surface area (Å²) in [6, 6.07) is 7.55. The molecule has 2 N–H and O–H groups in total. The highest BCUT2D eigenvalue weighted by molar-refractivity contribution is 5.97. The average molecular weight is 386 g/mol. The summed E-state index contributed by atoms with van der Waals surface area (Å²) in [5.74, 6) is -1.42. The predicted molar refractivity (Wildman–Crippen MR) is 103 cm³/mol. The van der Waals surface area contributed by atoms with Crippen LogP contribution in [0.15, 0.2) is 36.5 Å². The minimum atomic E-state index is -0.814. The topological polar surface area (TPSA) is 62.5 Å². The number of benzene rings is 1. The third-order valence-electron chi connectivity index (χ3n) is 5.92. The van der Waals surface area contributed by atoms with Crippen LogP contribution in [0.3, 0.4) is 0 Å². The molecule has 0 saturated carbocycles. The summed E-state index contributed by atoms with van der Waals surface area (Å²) < 4.78 is 26.7. The number of nitrogens with zero attached hydrogens (tertiary/aromatic N) is 3. The van der Waals surface area contributed by atoms with Crippen molar-refractivity contribution in [2.24, 2.45) is 11.1 Å². The van der Waals surface area contributed by atoms with Gasteiger partial charge in [0.25, 0.3) is 5.91 Å². The van der Waals surface area contributed by atoms with Crippen LogP contribution < -0.4 is 10.6 Å². The molecule has 3 heterocycles. The van der Waals surface area contributed by atoms with Gasteiger partial charge in [-0.2, -0.15) is 0 Å². The number of hydrogen-bond acceptors (Lipinski definition) is 4. The van der Waals surface area contributed by atoms with Gasteiger partial charge in [-0.1, -0.05) is 6.07 Å². The number of primary amides is 1. The number of carbonyl (C=O) groups excluding carboxylic acids is 1. The minimum Gasteiger partial charge on any atom is -0.365 e. The molecule has 1 atom stereocenters. The Balaban J connectivity index is 1.47. The van der Waals surface area contributed by atoms with E-state index in [2.05, 4.69) is 14.8 Å². The number of anilines is 1. The highest BCUT2D eigenvalue weighted by Crippen LogP contribution is 2.41. The smallest absolute Gasteiger partial charge is 0.252 e. The molecule has 0 radical (unpaired) electrons. The monoisotopic (exact) mass is 386 g/mol. The second-order valence-electron chi connectivity index (χ2n) is 7.97. The van der Waals surface area contributed by atoms with Crippen LogP contribution in [0.4, 0.5) is 14.6 Å². The lowest BCUT2D eigenvalue weighted by Crippen LogP contribution is -2.44. The number of hydrogen-bond donors (Lipinski definition) is 1. The molecule has 28 heavy (non-hydrogen) atoms. The molecule has 0 aliphatic carbocycles. The average Bonchev–Trinajstić information content (AvgIpc) is 3.08. The fraction of sp³-hybridized carbons (Fsp3) is 0.429. The first-order valence-electron chi connectivity index (χ1n) is 9.62. The first-order chi connectivity index (χ1) is 13.5. The standard InChI is InChI=1S/C21H24F2N4O/c22-17-5-4-15(11-18(17)23)12-26-9-2-6-21(13-26)7-10-27(14-21)20-16(19(24)28)3-1-8-25-20/h1,3-5,8,11H,2,6-7,9-10,12-14H2,(H2,24,28)/t21-/m0/s1. The number of piperidine rings is 1. The number of halogens is 2. The molecule has 1 spiro atoms. The summed E-state index contributed by atoms with van der Waals surface area (Å²) in [4.78, 5) is 20.6. The van der Waals surface area contributed by atoms with Gasteiger partial charge in [-0.25, -0.2) is 13.8 Å². The molecule has 1 aromatic carbocycles. The van der Waals surface area contributed by atoms with Crippen LogP contribution in [-0.4, -0.2) is 42.0 Å². The van der Waals surface area contributed by atoms with Gasteiger partial charge in [0.05, 0.1) is 5.56 Å². The van der Waals surface area contributed by atoms with E-state index in [1.807, 2.05) is 0 Å². The maximum atomic E-state index is 13.5. The number of carbonyl (C=O) groups is 1. The van der Waals surface area contributed by atoms with Crippen LogP contribution in [0.2, 0.25) is 0 Å². The lowest BCUT2D eigenvalue weighted by Gasteiger charge is -2.40. The van der Waals surface area contributed by atoms with Gasteiger partial charge in [0, 0.05) is 37.8 Å². The van der Waals surface area contributed by atoms with Gasteiger partial charge in [-0.3, -0.25) is 9.69 Å². The zero-order chi connectivity index (χ0) is 19.7. The molecule has 2 aliphatic heterocycles. The summed E-state index contributed by atoms with van der Waals surface area (Å²) in [5, 5.41) is 0. The summed E-state index contributed by atoms with van der Waals surface area (Å²) in [5.41, 5.74) is 6.86. The van der Waals surface area contributed by atoms with Gasteiger partial charge < -0.3 is 10.6 Å². The number of amides is 1. The van der Waals surface area contributed by atoms with Gasteiger partial charge in [0.15, 0.2) is 11.6 Å². The van der Waals surface area contributed by atoms with Crippen molar-refractivity contribution in [3.63, 3.8) is 0 Å². The zero-order valence-electron chi connectivity index (χ0n) is 15.7. The quantitative estimate of drug-likeness (QED) is 0.878. The molecule has 2 fully saturated rings. The van der Waals surface area contributed by atoms with Crippen molar-refractivity contribution >= 4 is 11.7 Å². The number of pyridine rings is 1. The van der Waals surface area contributed by atoms with Crippen molar-refractivity contribution < 1.29 is 13.6 Å². The Morgan fingerprint density at radius 2 is 2.00 bits per heavy atom. The van der Waals surface area contributed by atoms with Gasteiger partial charge >= 0.3 is 0 Å². The van der Waals surface area contributed by atoms with E-state index in [4.69, 9.17) is 5.73 Å². The highest BCUT2D eigenvalue weighted by Gasteiger charge is 2.42. The third-order valence-corrected chi connectivity index (χ3v) is 5.92. The third kappa shape index (κ3) is 3.71. The van der Waals surface area contributed by atoms with Crippen LogP contribution in [0.5, 0.6) is 0 Å². The Hall–Kier alpha value is -2.54. The van der Waals surface area contributed by atoms with Gasteiger partial charge in [0.1, 0.15) is 5.82 Å². The SMILES string of the molecule is NC(=O)c1cccnc1N1CC[C@]2(CCCN(Cc3ccc(F)c(F)c3)C2)C1. The van der Waals surface area contributed by atoms with Crippen LogP contribution in [0, 0.1) is 17.0 Å². The molecule has 1 aromatic heterocycles. The van der Waals surface area contributed by atoms with E-state index in [-0.39, 0.29) is 5.41 Å². The maximum Gasteiger partial charge on any atom is 0.252 e. The van der Waals surface area contributed by atoms with E-state index >= 15 is 0 Å². The molecule has 1 amide bonds. The van der Waals surface area contributed by atoms with Crippen LogP contribution in [-0.2, 0) is 6.54 Å². The van der Waals surface area contributed by atoms with Gasteiger partial charge in [-0.05, 0) is 55.6 Å². The Morgan fingerprint density at radius 1 is 1.14 bits per heavy atom. The molecule has 2 saturated heterocycles. The fourth-order valence-corrected chi connectivity index (χ4v) is 4.63. The second kappa shape index (κ2) is 7.47. The van der Waals surface area contributed by atoms with E-state index in [0.29, 0.717) is 17.9 Å². The minimum absolute atomic E-state index is 0.114. The van der Waals surface area contributed by atoms with Crippen molar-refractivity contribution in [3.05, 3.63) is 59.3 Å². The Morgan fingerprint density at radius 3 is 2.79 bits per heavy atom. The molecule has 2 aliphatic rings. The number of aromatic nitrogens is 1. The molecule has 7 heteroatoms. The van der Waals surface area contributed by atoms with E-state index in [1.165, 1.54) is 12.1 Å². The Bertz CT molecular complexity index is 890. The molecule has 5 nitrogen and oxygen atoms in total. The number of likely N-dealkylation sites (tertiary alicyclic amines) is 1. The summed E-state index contributed by atoms with van der Waals surface area (Å²) in [6.45, 7) is 4.09. The molecule has 2 aromatic rings. The lowest BCUT2D eigenvalue weighted by atomic mass is 9.79. The highest BCUT2D eigenvalue weighted by atomic mass is 19.2. The maximum absolute atomic E-state index is 13.5. The predicted octanol–water partition coefficient (Wildman–Crippen LogP) is 2.95. The molecular weight excluding hydrogens is 362 g/mol. The first kappa shape index (κ1) is 18.8. The summed E-state index contributed by atoms with van der Waals surface area (Å²) in [7, 11) is 0. The van der Waals surface area contributed by atoms with Crippen molar-refractivity contribution in [2.45, 2.75) is 25.8 Å². The van der Waals surface area contributed by atoms with E-state index in [0.717, 1.165) is 51.0 Å². The zero-order valence-corrected chi connectivity index (χ0v) is 15.7. The van der Waals surface area contributed by atoms with Gasteiger partial charge in [-0.15, -0.1) is 0 Å². The van der Waals surface area contributed by atoms with Crippen molar-refractivity contribution in [1.29, 1.82) is 0 Å². The Kier molecular flexibility index (Phi) is 5.02. The summed E-state index contributed by atoms with van der Waals surface area (Å²) in [6.07, 6.45) is 4.86. The van der Waals surface area contributed by atoms with Crippen LogP contribution in [0.1, 0.15) is 35.2 Å². The molecule has 4 rings (SSSR count). The van der Waals surface area contributed by atoms with Crippen molar-refractivity contribution in [2.75, 3.05) is 31.1 Å². The van der Waals surface area contributed by atoms with Crippen LogP contribution in [0.25, 0.3) is 0 Å². The lowest BCUT2D eigenvalue weighted by molar-refractivity contribution is 0.0985. The number of rotatable bonds is 4. The number of nitrogens with two attached hydrogens (primary N) is 1.